The van der Waals surface area contributed by atoms with Gasteiger partial charge in [-0.25, -0.2) is 0 Å². The van der Waals surface area contributed by atoms with Gasteiger partial charge in [0.05, 0.1) is 6.04 Å². The van der Waals surface area contributed by atoms with Crippen molar-refractivity contribution >= 4 is 40.9 Å². The quantitative estimate of drug-likeness (QED) is 0.360. The molecular formula is C25H29Cl2NO2S. The lowest BCUT2D eigenvalue weighted by Gasteiger charge is -2.48. The Balaban J connectivity index is 2.14. The van der Waals surface area contributed by atoms with Gasteiger partial charge in [-0.1, -0.05) is 67.4 Å². The van der Waals surface area contributed by atoms with Crippen molar-refractivity contribution < 1.29 is 9.53 Å². The van der Waals surface area contributed by atoms with Gasteiger partial charge in [0.15, 0.2) is 0 Å². The van der Waals surface area contributed by atoms with Crippen molar-refractivity contribution in [2.24, 2.45) is 0 Å². The van der Waals surface area contributed by atoms with Crippen LogP contribution in [0.4, 0.5) is 0 Å². The van der Waals surface area contributed by atoms with E-state index < -0.39 is 6.10 Å². The topological polar surface area (TPSA) is 29.5 Å². The summed E-state index contributed by atoms with van der Waals surface area (Å²) in [6.07, 6.45) is 2.18. The van der Waals surface area contributed by atoms with Gasteiger partial charge >= 0.3 is 0 Å². The highest BCUT2D eigenvalue weighted by Crippen LogP contribution is 2.45. The van der Waals surface area contributed by atoms with Crippen molar-refractivity contribution in [1.29, 1.82) is 0 Å². The van der Waals surface area contributed by atoms with Crippen LogP contribution in [0.5, 0.6) is 0 Å². The number of hydrogen-bond donors (Lipinski definition) is 0. The fourth-order valence-corrected chi connectivity index (χ4v) is 5.29. The lowest BCUT2D eigenvalue weighted by Crippen LogP contribution is -2.55. The zero-order chi connectivity index (χ0) is 22.4. The summed E-state index contributed by atoms with van der Waals surface area (Å²) in [5.41, 5.74) is 1.96. The van der Waals surface area contributed by atoms with E-state index in [1.165, 1.54) is 0 Å². The van der Waals surface area contributed by atoms with Gasteiger partial charge in [-0.15, -0.1) is 6.58 Å². The van der Waals surface area contributed by atoms with Crippen molar-refractivity contribution in [3.05, 3.63) is 82.4 Å². The maximum atomic E-state index is 13.7. The van der Waals surface area contributed by atoms with E-state index in [0.717, 1.165) is 29.1 Å². The number of halogens is 2. The monoisotopic (exact) mass is 477 g/mol. The first-order valence-electron chi connectivity index (χ1n) is 10.7. The Kier molecular flexibility index (Phi) is 8.91. The SMILES string of the molecule is C=CCC1O[C@H](c2cccc(Cl)c2)[C@@H](c2ccc(Cl)cc2)N(C(CC)CSCC)C1=O. The molecule has 0 spiro atoms. The number of amides is 1. The predicted octanol–water partition coefficient (Wildman–Crippen LogP) is 7.11. The van der Waals surface area contributed by atoms with Gasteiger partial charge in [-0.05, 0) is 47.6 Å². The fraction of sp³-hybridized carbons (Fsp3) is 0.400. The van der Waals surface area contributed by atoms with Crippen LogP contribution in [0, 0.1) is 0 Å². The molecule has 0 bridgehead atoms. The van der Waals surface area contributed by atoms with Gasteiger partial charge in [0.25, 0.3) is 5.91 Å². The lowest BCUT2D eigenvalue weighted by atomic mass is 9.89. The molecule has 0 saturated carbocycles. The van der Waals surface area contributed by atoms with Gasteiger partial charge < -0.3 is 9.64 Å². The van der Waals surface area contributed by atoms with Crippen LogP contribution in [0.1, 0.15) is 50.0 Å². The van der Waals surface area contributed by atoms with Crippen molar-refractivity contribution in [3.63, 3.8) is 0 Å². The van der Waals surface area contributed by atoms with Crippen molar-refractivity contribution in [2.45, 2.75) is 51.0 Å². The van der Waals surface area contributed by atoms with Crippen molar-refractivity contribution in [3.8, 4) is 0 Å². The number of carbonyl (C=O) groups is 1. The summed E-state index contributed by atoms with van der Waals surface area (Å²) in [5.74, 6) is 1.90. The highest BCUT2D eigenvalue weighted by molar-refractivity contribution is 7.99. The molecule has 1 amide bonds. The summed E-state index contributed by atoms with van der Waals surface area (Å²) in [7, 11) is 0. The van der Waals surface area contributed by atoms with Gasteiger partial charge in [-0.3, -0.25) is 4.79 Å². The Morgan fingerprint density at radius 2 is 1.87 bits per heavy atom. The van der Waals surface area contributed by atoms with E-state index in [1.807, 2.05) is 60.3 Å². The second-order valence-electron chi connectivity index (χ2n) is 7.59. The molecule has 3 nitrogen and oxygen atoms in total. The number of thioether (sulfide) groups is 1. The molecule has 0 aliphatic carbocycles. The van der Waals surface area contributed by atoms with Crippen LogP contribution in [-0.2, 0) is 9.53 Å². The molecule has 6 heteroatoms. The number of ether oxygens (including phenoxy) is 1. The van der Waals surface area contributed by atoms with E-state index in [-0.39, 0.29) is 24.1 Å². The summed E-state index contributed by atoms with van der Waals surface area (Å²) >= 11 is 14.3. The van der Waals surface area contributed by atoms with E-state index >= 15 is 0 Å². The average molecular weight is 478 g/mol. The highest BCUT2D eigenvalue weighted by atomic mass is 35.5. The first-order chi connectivity index (χ1) is 15.0. The summed E-state index contributed by atoms with van der Waals surface area (Å²) in [5, 5.41) is 1.31. The number of morpholine rings is 1. The second-order valence-corrected chi connectivity index (χ2v) is 9.78. The molecule has 2 unspecified atom stereocenters. The molecule has 4 atom stereocenters. The first kappa shape index (κ1) is 24.2. The Morgan fingerprint density at radius 3 is 2.48 bits per heavy atom. The Hall–Kier alpha value is -1.46. The lowest BCUT2D eigenvalue weighted by molar-refractivity contribution is -0.178. The largest absolute Gasteiger partial charge is 0.358 e. The first-order valence-corrected chi connectivity index (χ1v) is 12.6. The van der Waals surface area contributed by atoms with Crippen LogP contribution >= 0.6 is 35.0 Å². The minimum absolute atomic E-state index is 0.0154. The van der Waals surface area contributed by atoms with E-state index in [4.69, 9.17) is 27.9 Å². The van der Waals surface area contributed by atoms with E-state index in [1.54, 1.807) is 6.08 Å². The number of nitrogens with zero attached hydrogens (tertiary/aromatic N) is 1. The molecule has 2 aromatic carbocycles. The normalized spacial score (nSPS) is 22.4. The molecule has 1 heterocycles. The van der Waals surface area contributed by atoms with Crippen molar-refractivity contribution in [1.82, 2.24) is 4.90 Å². The molecule has 166 valence electrons. The van der Waals surface area contributed by atoms with Crippen LogP contribution in [0.15, 0.2) is 61.2 Å². The standard InChI is InChI=1S/C25H29Cl2NO2S/c1-4-8-22-25(29)28(21(5-2)16-31-6-3)23(17-11-13-19(26)14-12-17)24(30-22)18-9-7-10-20(27)15-18/h4,7,9-15,21-24H,1,5-6,8,16H2,2-3H3/t21?,22?,23-,24-/m1/s1. The summed E-state index contributed by atoms with van der Waals surface area (Å²) < 4.78 is 6.45. The molecule has 1 fully saturated rings. The summed E-state index contributed by atoms with van der Waals surface area (Å²) in [4.78, 5) is 15.7. The molecule has 0 radical (unpaired) electrons. The van der Waals surface area contributed by atoms with Crippen LogP contribution in [0.3, 0.4) is 0 Å². The molecule has 1 aliphatic heterocycles. The highest BCUT2D eigenvalue weighted by Gasteiger charge is 2.45. The number of rotatable bonds is 9. The third-order valence-corrected chi connectivity index (χ3v) is 7.09. The maximum Gasteiger partial charge on any atom is 0.252 e. The summed E-state index contributed by atoms with van der Waals surface area (Å²) in [6, 6.07) is 15.2. The number of benzene rings is 2. The van der Waals surface area contributed by atoms with E-state index in [2.05, 4.69) is 25.3 Å². The molecule has 1 aliphatic rings. The zero-order valence-corrected chi connectivity index (χ0v) is 20.3. The van der Waals surface area contributed by atoms with E-state index in [9.17, 15) is 4.79 Å². The second kappa shape index (κ2) is 11.4. The maximum absolute atomic E-state index is 13.7. The smallest absolute Gasteiger partial charge is 0.252 e. The van der Waals surface area contributed by atoms with Crippen LogP contribution in [0.2, 0.25) is 10.0 Å². The Bertz CT molecular complexity index is 889. The van der Waals surface area contributed by atoms with Gasteiger partial charge in [-0.2, -0.15) is 11.8 Å². The molecule has 2 aromatic rings. The zero-order valence-electron chi connectivity index (χ0n) is 18.0. The summed E-state index contributed by atoms with van der Waals surface area (Å²) in [6.45, 7) is 8.12. The Morgan fingerprint density at radius 1 is 1.13 bits per heavy atom. The van der Waals surface area contributed by atoms with Gasteiger partial charge in [0, 0.05) is 28.3 Å². The molecule has 1 saturated heterocycles. The molecular weight excluding hydrogens is 449 g/mol. The third kappa shape index (κ3) is 5.67. The molecule has 0 N–H and O–H groups in total. The predicted molar refractivity (Wildman–Crippen MR) is 132 cm³/mol. The minimum Gasteiger partial charge on any atom is -0.358 e. The fourth-order valence-electron chi connectivity index (χ4n) is 4.06. The van der Waals surface area contributed by atoms with Crippen LogP contribution < -0.4 is 0 Å². The molecule has 3 rings (SSSR count). The van der Waals surface area contributed by atoms with Gasteiger partial charge in [0.2, 0.25) is 0 Å². The number of carbonyl (C=O) groups excluding carboxylic acids is 1. The molecule has 0 aromatic heterocycles. The number of hydrogen-bond acceptors (Lipinski definition) is 3. The molecule has 31 heavy (non-hydrogen) atoms. The Labute approximate surface area is 199 Å². The minimum atomic E-state index is -0.564. The van der Waals surface area contributed by atoms with Crippen LogP contribution in [0.25, 0.3) is 0 Å². The van der Waals surface area contributed by atoms with Crippen molar-refractivity contribution in [2.75, 3.05) is 11.5 Å². The van der Waals surface area contributed by atoms with Crippen LogP contribution in [-0.4, -0.2) is 34.5 Å². The van der Waals surface area contributed by atoms with E-state index in [0.29, 0.717) is 16.5 Å². The van der Waals surface area contributed by atoms with Gasteiger partial charge in [0.1, 0.15) is 12.2 Å². The average Bonchev–Trinajstić information content (AvgIpc) is 2.77. The third-order valence-electron chi connectivity index (χ3n) is 5.58.